The van der Waals surface area contributed by atoms with Crippen molar-refractivity contribution < 1.29 is 16.9 Å². The Hall–Kier alpha value is -0.530. The van der Waals surface area contributed by atoms with E-state index in [1.54, 1.807) is 0 Å². The van der Waals surface area contributed by atoms with E-state index < -0.39 is 0 Å². The van der Waals surface area contributed by atoms with Gasteiger partial charge in [0.25, 0.3) is 0 Å². The maximum absolute atomic E-state index is 2.37. The Kier molecular flexibility index (Phi) is 9.24. The quantitative estimate of drug-likeness (QED) is 0.614. The Morgan fingerprint density at radius 3 is 1.67 bits per heavy atom. The van der Waals surface area contributed by atoms with E-state index >= 15 is 0 Å². The van der Waals surface area contributed by atoms with Crippen LogP contribution < -0.4 is 12.4 Å². The molecule has 0 saturated heterocycles. The molecule has 0 bridgehead atoms. The SMILES string of the molecule is CCC(CC)(CC)C[N+](CC)(CC)Cc1ccccc1.[Cl-]. The van der Waals surface area contributed by atoms with E-state index in [9.17, 15) is 0 Å². The molecular formula is C19H34ClN. The summed E-state index contributed by atoms with van der Waals surface area (Å²) in [4.78, 5) is 0. The summed E-state index contributed by atoms with van der Waals surface area (Å²) in [6.07, 6.45) is 3.90. The van der Waals surface area contributed by atoms with E-state index in [0.29, 0.717) is 5.41 Å². The minimum Gasteiger partial charge on any atom is -1.00 e. The highest BCUT2D eigenvalue weighted by Gasteiger charge is 2.36. The molecule has 0 atom stereocenters. The summed E-state index contributed by atoms with van der Waals surface area (Å²) in [6, 6.07) is 11.0. The van der Waals surface area contributed by atoms with Crippen molar-refractivity contribution in [2.75, 3.05) is 19.6 Å². The van der Waals surface area contributed by atoms with Crippen LogP contribution in [0.25, 0.3) is 0 Å². The second-order valence-electron chi connectivity index (χ2n) is 6.34. The minimum atomic E-state index is 0. The normalized spacial score (nSPS) is 12.0. The Morgan fingerprint density at radius 1 is 0.810 bits per heavy atom. The summed E-state index contributed by atoms with van der Waals surface area (Å²) in [5, 5.41) is 0. The predicted octanol–water partition coefficient (Wildman–Crippen LogP) is 2.26. The van der Waals surface area contributed by atoms with Crippen molar-refractivity contribution in [2.45, 2.75) is 60.4 Å². The summed E-state index contributed by atoms with van der Waals surface area (Å²) in [5.74, 6) is 0. The molecule has 21 heavy (non-hydrogen) atoms. The molecule has 0 spiro atoms. The molecule has 0 fully saturated rings. The van der Waals surface area contributed by atoms with Crippen molar-refractivity contribution in [1.82, 2.24) is 0 Å². The van der Waals surface area contributed by atoms with Gasteiger partial charge in [-0.2, -0.15) is 0 Å². The highest BCUT2D eigenvalue weighted by Crippen LogP contribution is 2.34. The zero-order chi connectivity index (χ0) is 15.1. The average molecular weight is 312 g/mol. The summed E-state index contributed by atoms with van der Waals surface area (Å²) in [7, 11) is 0. The molecule has 0 radical (unpaired) electrons. The zero-order valence-corrected chi connectivity index (χ0v) is 15.4. The van der Waals surface area contributed by atoms with Gasteiger partial charge in [0.1, 0.15) is 6.54 Å². The summed E-state index contributed by atoms with van der Waals surface area (Å²) < 4.78 is 1.22. The summed E-state index contributed by atoms with van der Waals surface area (Å²) >= 11 is 0. The lowest BCUT2D eigenvalue weighted by Crippen LogP contribution is -3.00. The van der Waals surface area contributed by atoms with E-state index in [4.69, 9.17) is 0 Å². The number of hydrogen-bond acceptors (Lipinski definition) is 0. The second-order valence-corrected chi connectivity index (χ2v) is 6.34. The van der Waals surface area contributed by atoms with E-state index in [0.717, 1.165) is 0 Å². The van der Waals surface area contributed by atoms with Crippen molar-refractivity contribution in [3.8, 4) is 0 Å². The molecular weight excluding hydrogens is 278 g/mol. The Bertz CT molecular complexity index is 358. The van der Waals surface area contributed by atoms with Gasteiger partial charge in [-0.15, -0.1) is 0 Å². The van der Waals surface area contributed by atoms with Crippen LogP contribution >= 0.6 is 0 Å². The van der Waals surface area contributed by atoms with Crippen LogP contribution in [0.5, 0.6) is 0 Å². The lowest BCUT2D eigenvalue weighted by Gasteiger charge is -2.44. The molecule has 2 heteroatoms. The van der Waals surface area contributed by atoms with Crippen molar-refractivity contribution in [3.05, 3.63) is 35.9 Å². The first-order chi connectivity index (χ1) is 9.59. The molecule has 1 rings (SSSR count). The fourth-order valence-electron chi connectivity index (χ4n) is 3.49. The van der Waals surface area contributed by atoms with Crippen LogP contribution in [-0.4, -0.2) is 24.1 Å². The van der Waals surface area contributed by atoms with Gasteiger partial charge in [-0.3, -0.25) is 0 Å². The van der Waals surface area contributed by atoms with Gasteiger partial charge in [-0.05, 0) is 33.1 Å². The van der Waals surface area contributed by atoms with Crippen LogP contribution in [-0.2, 0) is 6.54 Å². The highest BCUT2D eigenvalue weighted by molar-refractivity contribution is 5.13. The molecule has 0 aliphatic heterocycles. The predicted molar refractivity (Wildman–Crippen MR) is 89.7 cm³/mol. The number of quaternary nitrogens is 1. The van der Waals surface area contributed by atoms with Crippen molar-refractivity contribution in [1.29, 1.82) is 0 Å². The van der Waals surface area contributed by atoms with Gasteiger partial charge in [0.2, 0.25) is 0 Å². The van der Waals surface area contributed by atoms with E-state index in [1.807, 2.05) is 0 Å². The van der Waals surface area contributed by atoms with Gasteiger partial charge in [0.05, 0.1) is 19.6 Å². The first-order valence-corrected chi connectivity index (χ1v) is 8.48. The zero-order valence-electron chi connectivity index (χ0n) is 14.7. The third kappa shape index (κ3) is 5.30. The molecule has 0 amide bonds. The average Bonchev–Trinajstić information content (AvgIpc) is 2.53. The van der Waals surface area contributed by atoms with Crippen LogP contribution in [0.2, 0.25) is 0 Å². The van der Waals surface area contributed by atoms with Gasteiger partial charge >= 0.3 is 0 Å². The number of halogens is 1. The third-order valence-electron chi connectivity index (χ3n) is 5.62. The molecule has 0 unspecified atom stereocenters. The van der Waals surface area contributed by atoms with Gasteiger partial charge in [0.15, 0.2) is 0 Å². The largest absolute Gasteiger partial charge is 1.00 e. The fraction of sp³-hybridized carbons (Fsp3) is 0.684. The van der Waals surface area contributed by atoms with E-state index in [1.165, 1.54) is 55.5 Å². The number of hydrogen-bond donors (Lipinski definition) is 0. The molecule has 0 heterocycles. The van der Waals surface area contributed by atoms with E-state index in [-0.39, 0.29) is 12.4 Å². The fourth-order valence-corrected chi connectivity index (χ4v) is 3.49. The second kappa shape index (κ2) is 9.48. The number of rotatable bonds is 9. The molecule has 1 aromatic carbocycles. The number of nitrogens with zero attached hydrogens (tertiary/aromatic N) is 1. The Balaban J connectivity index is 0.00000400. The number of benzene rings is 1. The monoisotopic (exact) mass is 311 g/mol. The maximum Gasteiger partial charge on any atom is 0.104 e. The Morgan fingerprint density at radius 2 is 1.29 bits per heavy atom. The molecule has 1 aromatic rings. The first-order valence-electron chi connectivity index (χ1n) is 8.48. The summed E-state index contributed by atoms with van der Waals surface area (Å²) in [5.41, 5.74) is 1.99. The van der Waals surface area contributed by atoms with Gasteiger partial charge in [-0.1, -0.05) is 51.1 Å². The molecule has 0 saturated carbocycles. The molecule has 0 N–H and O–H groups in total. The van der Waals surface area contributed by atoms with E-state index in [2.05, 4.69) is 65.0 Å². The molecule has 0 aliphatic carbocycles. The smallest absolute Gasteiger partial charge is 0.104 e. The first kappa shape index (κ1) is 20.5. The third-order valence-corrected chi connectivity index (χ3v) is 5.62. The van der Waals surface area contributed by atoms with Gasteiger partial charge < -0.3 is 16.9 Å². The van der Waals surface area contributed by atoms with Crippen molar-refractivity contribution in [3.63, 3.8) is 0 Å². The standard InChI is InChI=1S/C19H34N.ClH/c1-6-19(7-2,8-3)17-20(9-4,10-5)16-18-14-12-11-13-15-18;/h11-15H,6-10,16-17H2,1-5H3;1H/q+1;/p-1. The summed E-state index contributed by atoms with van der Waals surface area (Å²) in [6.45, 7) is 16.8. The molecule has 0 aromatic heterocycles. The van der Waals surface area contributed by atoms with Gasteiger partial charge in [0, 0.05) is 11.0 Å². The van der Waals surface area contributed by atoms with Crippen molar-refractivity contribution in [2.24, 2.45) is 5.41 Å². The highest BCUT2D eigenvalue weighted by atomic mass is 35.5. The van der Waals surface area contributed by atoms with Crippen LogP contribution in [0.4, 0.5) is 0 Å². The topological polar surface area (TPSA) is 0 Å². The van der Waals surface area contributed by atoms with Crippen LogP contribution in [0, 0.1) is 5.41 Å². The minimum absolute atomic E-state index is 0. The Labute approximate surface area is 138 Å². The molecule has 122 valence electrons. The molecule has 1 nitrogen and oxygen atoms in total. The van der Waals surface area contributed by atoms with Crippen LogP contribution in [0.3, 0.4) is 0 Å². The maximum atomic E-state index is 2.37. The lowest BCUT2D eigenvalue weighted by atomic mass is 9.78. The van der Waals surface area contributed by atoms with Crippen LogP contribution in [0.1, 0.15) is 59.4 Å². The van der Waals surface area contributed by atoms with Crippen LogP contribution in [0.15, 0.2) is 30.3 Å². The lowest BCUT2D eigenvalue weighted by molar-refractivity contribution is -0.943. The molecule has 0 aliphatic rings. The van der Waals surface area contributed by atoms with Crippen molar-refractivity contribution >= 4 is 0 Å². The van der Waals surface area contributed by atoms with Gasteiger partial charge in [-0.25, -0.2) is 0 Å².